The summed E-state index contributed by atoms with van der Waals surface area (Å²) in [7, 11) is -4.17. The van der Waals surface area contributed by atoms with Crippen LogP contribution in [0.5, 0.6) is 5.75 Å². The zero-order chi connectivity index (χ0) is 18.8. The Bertz CT molecular complexity index is 983. The summed E-state index contributed by atoms with van der Waals surface area (Å²) in [4.78, 5) is 3.75. The lowest BCUT2D eigenvalue weighted by molar-refractivity contribution is -0.275. The minimum absolute atomic E-state index is 0.0213. The molecule has 6 nitrogen and oxygen atoms in total. The number of pyridine rings is 1. The second-order valence-corrected chi connectivity index (χ2v) is 7.08. The van der Waals surface area contributed by atoms with Gasteiger partial charge in [-0.15, -0.1) is 13.2 Å². The molecule has 0 aliphatic carbocycles. The van der Waals surface area contributed by atoms with Crippen molar-refractivity contribution in [1.29, 1.82) is 0 Å². The molecule has 1 N–H and O–H groups in total. The minimum atomic E-state index is -4.98. The van der Waals surface area contributed by atoms with E-state index >= 15 is 0 Å². The predicted octanol–water partition coefficient (Wildman–Crippen LogP) is 2.75. The highest BCUT2D eigenvalue weighted by atomic mass is 32.2. The van der Waals surface area contributed by atoms with Crippen LogP contribution in [0.1, 0.15) is 5.69 Å². The largest absolute Gasteiger partial charge is 0.573 e. The number of halogens is 3. The number of hydrogen-bond donors (Lipinski definition) is 1. The molecule has 3 rings (SSSR count). The topological polar surface area (TPSA) is 72.7 Å². The van der Waals surface area contributed by atoms with E-state index in [9.17, 15) is 21.6 Å². The monoisotopic (exact) mass is 385 g/mol. The van der Waals surface area contributed by atoms with Gasteiger partial charge < -0.3 is 9.14 Å². The van der Waals surface area contributed by atoms with Gasteiger partial charge in [-0.05, 0) is 24.3 Å². The van der Waals surface area contributed by atoms with E-state index in [4.69, 9.17) is 0 Å². The summed E-state index contributed by atoms with van der Waals surface area (Å²) in [6, 6.07) is 10.0. The molecule has 138 valence electrons. The Balaban J connectivity index is 1.71. The first kappa shape index (κ1) is 18.2. The number of benzene rings is 1. The Labute approximate surface area is 147 Å². The van der Waals surface area contributed by atoms with Crippen molar-refractivity contribution < 1.29 is 26.3 Å². The molecule has 26 heavy (non-hydrogen) atoms. The van der Waals surface area contributed by atoms with Crippen molar-refractivity contribution >= 4 is 15.7 Å². The van der Waals surface area contributed by atoms with E-state index in [2.05, 4.69) is 14.4 Å². The molecule has 0 aliphatic rings. The maximum Gasteiger partial charge on any atom is 0.573 e. The van der Waals surface area contributed by atoms with Gasteiger partial charge in [0.2, 0.25) is 10.0 Å². The molecule has 10 heteroatoms. The summed E-state index contributed by atoms with van der Waals surface area (Å²) >= 11 is 0. The van der Waals surface area contributed by atoms with Crippen LogP contribution in [0.25, 0.3) is 5.65 Å². The molecule has 0 spiro atoms. The Morgan fingerprint density at radius 1 is 1.12 bits per heavy atom. The summed E-state index contributed by atoms with van der Waals surface area (Å²) in [5, 5.41) is 0. The highest BCUT2D eigenvalue weighted by Crippen LogP contribution is 2.29. The molecule has 0 atom stereocenters. The maximum atomic E-state index is 12.4. The summed E-state index contributed by atoms with van der Waals surface area (Å²) in [6.07, 6.45) is -1.14. The summed E-state index contributed by atoms with van der Waals surface area (Å²) in [5.74, 6) is -0.778. The van der Waals surface area contributed by atoms with Gasteiger partial charge in [-0.25, -0.2) is 18.1 Å². The average molecular weight is 385 g/mol. The van der Waals surface area contributed by atoms with Crippen LogP contribution in [0, 0.1) is 0 Å². The molecule has 0 amide bonds. The third kappa shape index (κ3) is 4.33. The van der Waals surface area contributed by atoms with Gasteiger partial charge in [-0.3, -0.25) is 0 Å². The first-order valence-corrected chi connectivity index (χ1v) is 9.00. The number of alkyl halides is 3. The highest BCUT2D eigenvalue weighted by Gasteiger charge is 2.33. The van der Waals surface area contributed by atoms with Crippen molar-refractivity contribution in [2.45, 2.75) is 17.7 Å². The van der Waals surface area contributed by atoms with Gasteiger partial charge in [-0.2, -0.15) is 0 Å². The average Bonchev–Trinajstić information content (AvgIpc) is 2.96. The number of aromatic nitrogens is 2. The van der Waals surface area contributed by atoms with E-state index < -0.39 is 27.0 Å². The first-order chi connectivity index (χ1) is 12.2. The van der Waals surface area contributed by atoms with Crippen LogP contribution in [0.15, 0.2) is 59.8 Å². The van der Waals surface area contributed by atoms with Crippen molar-refractivity contribution in [3.8, 4) is 5.75 Å². The quantitative estimate of drug-likeness (QED) is 0.708. The lowest BCUT2D eigenvalue weighted by atomic mass is 10.3. The number of rotatable bonds is 6. The van der Waals surface area contributed by atoms with Gasteiger partial charge in [0.25, 0.3) is 0 Å². The van der Waals surface area contributed by atoms with Crippen LogP contribution in [0.4, 0.5) is 13.2 Å². The third-order valence-corrected chi connectivity index (χ3v) is 4.95. The molecule has 0 unspecified atom stereocenters. The van der Waals surface area contributed by atoms with Gasteiger partial charge >= 0.3 is 6.36 Å². The second-order valence-electron chi connectivity index (χ2n) is 5.34. The van der Waals surface area contributed by atoms with Crippen molar-refractivity contribution in [3.05, 3.63) is 60.6 Å². The van der Waals surface area contributed by atoms with Crippen molar-refractivity contribution in [1.82, 2.24) is 14.1 Å². The summed E-state index contributed by atoms with van der Waals surface area (Å²) < 4.78 is 69.8. The first-order valence-electron chi connectivity index (χ1n) is 7.52. The molecule has 2 aromatic heterocycles. The Morgan fingerprint density at radius 3 is 2.58 bits per heavy atom. The van der Waals surface area contributed by atoms with Crippen LogP contribution in [-0.4, -0.2) is 30.7 Å². The Morgan fingerprint density at radius 2 is 1.85 bits per heavy atom. The molecular weight excluding hydrogens is 371 g/mol. The maximum absolute atomic E-state index is 12.4. The summed E-state index contributed by atoms with van der Waals surface area (Å²) in [6.45, 7) is -0.0213. The van der Waals surface area contributed by atoms with Crippen LogP contribution in [-0.2, 0) is 16.4 Å². The molecule has 0 fully saturated rings. The number of nitrogens with one attached hydrogen (secondary N) is 1. The SMILES string of the molecule is O=S(=O)(NCCc1cn2ccccc2n1)c1ccccc1OC(F)(F)F. The number of fused-ring (bicyclic) bond motifs is 1. The van der Waals surface area contributed by atoms with Crippen LogP contribution in [0.2, 0.25) is 0 Å². The van der Waals surface area contributed by atoms with E-state index in [1.54, 1.807) is 22.9 Å². The van der Waals surface area contributed by atoms with Gasteiger partial charge in [-0.1, -0.05) is 18.2 Å². The highest BCUT2D eigenvalue weighted by molar-refractivity contribution is 7.89. The van der Waals surface area contributed by atoms with Gasteiger partial charge in [0.1, 0.15) is 16.3 Å². The fourth-order valence-corrected chi connectivity index (χ4v) is 3.54. The van der Waals surface area contributed by atoms with Gasteiger partial charge in [0.15, 0.2) is 0 Å². The number of sulfonamides is 1. The lowest BCUT2D eigenvalue weighted by Crippen LogP contribution is -2.27. The molecule has 0 bridgehead atoms. The van der Waals surface area contributed by atoms with E-state index in [1.807, 2.05) is 12.1 Å². The normalized spacial score (nSPS) is 12.4. The predicted molar refractivity (Wildman–Crippen MR) is 87.2 cm³/mol. The van der Waals surface area contributed by atoms with E-state index in [-0.39, 0.29) is 13.0 Å². The second kappa shape index (κ2) is 6.96. The van der Waals surface area contributed by atoms with Crippen LogP contribution in [0.3, 0.4) is 0 Å². The number of imidazole rings is 1. The van der Waals surface area contributed by atoms with Gasteiger partial charge in [0, 0.05) is 25.4 Å². The lowest BCUT2D eigenvalue weighted by Gasteiger charge is -2.13. The minimum Gasteiger partial charge on any atom is -0.404 e. The fraction of sp³-hybridized carbons (Fsp3) is 0.188. The van der Waals surface area contributed by atoms with Gasteiger partial charge in [0.05, 0.1) is 5.69 Å². The Hall–Kier alpha value is -2.59. The number of para-hydroxylation sites is 1. The third-order valence-electron chi connectivity index (χ3n) is 3.45. The molecular formula is C16H14F3N3O3S. The van der Waals surface area contributed by atoms with Crippen molar-refractivity contribution in [2.24, 2.45) is 0 Å². The number of ether oxygens (including phenoxy) is 1. The zero-order valence-electron chi connectivity index (χ0n) is 13.3. The molecule has 0 saturated heterocycles. The Kier molecular flexibility index (Phi) is 4.88. The van der Waals surface area contributed by atoms with E-state index in [0.29, 0.717) is 11.3 Å². The standard InChI is InChI=1S/C16H14F3N3O3S/c17-16(18,19)25-13-5-1-2-6-14(13)26(23,24)20-9-8-12-11-22-10-4-3-7-15(22)21-12/h1-7,10-11,20H,8-9H2. The van der Waals surface area contributed by atoms with Crippen molar-refractivity contribution in [3.63, 3.8) is 0 Å². The zero-order valence-corrected chi connectivity index (χ0v) is 14.1. The molecule has 3 aromatic rings. The molecule has 1 aromatic carbocycles. The van der Waals surface area contributed by atoms with Crippen LogP contribution < -0.4 is 9.46 Å². The number of nitrogens with zero attached hydrogens (tertiary/aromatic N) is 2. The summed E-state index contributed by atoms with van der Waals surface area (Å²) in [5.41, 5.74) is 1.37. The molecule has 0 radical (unpaired) electrons. The van der Waals surface area contributed by atoms with Crippen molar-refractivity contribution in [2.75, 3.05) is 6.54 Å². The van der Waals surface area contributed by atoms with E-state index in [1.165, 1.54) is 12.1 Å². The molecule has 0 aliphatic heterocycles. The fourth-order valence-electron chi connectivity index (χ4n) is 2.38. The molecule has 2 heterocycles. The smallest absolute Gasteiger partial charge is 0.404 e. The number of hydrogen-bond acceptors (Lipinski definition) is 4. The van der Waals surface area contributed by atoms with Crippen LogP contribution >= 0.6 is 0 Å². The molecule has 0 saturated carbocycles. The van der Waals surface area contributed by atoms with E-state index in [0.717, 1.165) is 12.1 Å².